The fourth-order valence-electron chi connectivity index (χ4n) is 1.54. The van der Waals surface area contributed by atoms with Crippen LogP contribution < -0.4 is 4.12 Å². The van der Waals surface area contributed by atoms with Gasteiger partial charge in [0.15, 0.2) is 0 Å². The van der Waals surface area contributed by atoms with Gasteiger partial charge in [-0.2, -0.15) is 0 Å². The summed E-state index contributed by atoms with van der Waals surface area (Å²) in [5, 5.41) is 0. The third kappa shape index (κ3) is 2.23. The molecule has 0 aliphatic carbocycles. The van der Waals surface area contributed by atoms with E-state index in [4.69, 9.17) is 19.3 Å². The van der Waals surface area contributed by atoms with Crippen LogP contribution in [0.2, 0.25) is 0 Å². The molecule has 0 aliphatic heterocycles. The molecule has 0 aromatic heterocycles. The van der Waals surface area contributed by atoms with Gasteiger partial charge in [-0.05, 0) is 0 Å². The van der Waals surface area contributed by atoms with Crippen molar-refractivity contribution in [1.29, 1.82) is 0 Å². The number of aryl methyl sites for hydroxylation is 3. The van der Waals surface area contributed by atoms with E-state index in [1.54, 1.807) is 0 Å². The first kappa shape index (κ1) is 10.5. The molecule has 0 saturated carbocycles. The molecule has 0 fully saturated rings. The van der Waals surface area contributed by atoms with Crippen LogP contribution in [-0.2, 0) is 0 Å². The molecule has 1 rings (SSSR count). The second-order valence-corrected chi connectivity index (χ2v) is 11.3. The molecule has 0 nitrogen and oxygen atoms in total. The quantitative estimate of drug-likeness (QED) is 0.681. The number of halogens is 2. The molecule has 1 aromatic rings. The molecule has 0 amide bonds. The minimum atomic E-state index is -2.13. The van der Waals surface area contributed by atoms with Gasteiger partial charge in [0.05, 0.1) is 0 Å². The zero-order valence-corrected chi connectivity index (χ0v) is 11.4. The Hall–Kier alpha value is 0.436. The third-order valence-corrected chi connectivity index (χ3v) is 7.05. The zero-order chi connectivity index (χ0) is 9.30. The van der Waals surface area contributed by atoms with Gasteiger partial charge in [-0.15, -0.1) is 0 Å². The first-order chi connectivity index (χ1) is 5.52. The van der Waals surface area contributed by atoms with E-state index in [1.807, 2.05) is 0 Å². The van der Waals surface area contributed by atoms with Crippen LogP contribution in [0.4, 0.5) is 0 Å². The van der Waals surface area contributed by atoms with E-state index in [2.05, 4.69) is 32.9 Å². The predicted molar refractivity (Wildman–Crippen MR) is 57.7 cm³/mol. The van der Waals surface area contributed by atoms with Crippen molar-refractivity contribution >= 4 is 37.6 Å². The molecule has 12 heavy (non-hydrogen) atoms. The molecule has 0 N–H and O–H groups in total. The van der Waals surface area contributed by atoms with Crippen molar-refractivity contribution in [2.24, 2.45) is 0 Å². The molecule has 3 heteroatoms. The monoisotopic (exact) mass is 258 g/mol. The SMILES string of the molecule is Cc1cc(C)[c]([Ga]([Cl])[Cl])c(C)c1. The van der Waals surface area contributed by atoms with Crippen molar-refractivity contribution in [3.63, 3.8) is 0 Å². The fourth-order valence-corrected chi connectivity index (χ4v) is 6.91. The van der Waals surface area contributed by atoms with Crippen molar-refractivity contribution in [3.05, 3.63) is 28.8 Å². The number of benzene rings is 1. The Kier molecular flexibility index (Phi) is 3.59. The summed E-state index contributed by atoms with van der Waals surface area (Å²) in [6.07, 6.45) is 0. The molecule has 0 spiro atoms. The topological polar surface area (TPSA) is 0 Å². The van der Waals surface area contributed by atoms with Gasteiger partial charge < -0.3 is 0 Å². The summed E-state index contributed by atoms with van der Waals surface area (Å²) in [5.41, 5.74) is 3.79. The summed E-state index contributed by atoms with van der Waals surface area (Å²) in [4.78, 5) is 0. The second kappa shape index (κ2) is 4.10. The molecule has 0 unspecified atom stereocenters. The summed E-state index contributed by atoms with van der Waals surface area (Å²) in [6.45, 7) is 6.25. The maximum atomic E-state index is 6.02. The van der Waals surface area contributed by atoms with Crippen molar-refractivity contribution in [2.75, 3.05) is 0 Å². The van der Waals surface area contributed by atoms with Crippen molar-refractivity contribution in [2.45, 2.75) is 20.8 Å². The molecule has 0 bridgehead atoms. The van der Waals surface area contributed by atoms with Gasteiger partial charge >= 0.3 is 87.2 Å². The predicted octanol–water partition coefficient (Wildman–Crippen LogP) is 2.78. The van der Waals surface area contributed by atoms with Crippen LogP contribution >= 0.6 is 19.3 Å². The first-order valence-corrected chi connectivity index (χ1v) is 11.5. The summed E-state index contributed by atoms with van der Waals surface area (Å²) in [5.74, 6) is 0. The molecular weight excluding hydrogens is 249 g/mol. The van der Waals surface area contributed by atoms with E-state index in [9.17, 15) is 0 Å². The van der Waals surface area contributed by atoms with E-state index in [0.29, 0.717) is 0 Å². The summed E-state index contributed by atoms with van der Waals surface area (Å²) in [6, 6.07) is 4.29. The summed E-state index contributed by atoms with van der Waals surface area (Å²) in [7, 11) is 12.0. The van der Waals surface area contributed by atoms with Crippen LogP contribution in [0.25, 0.3) is 0 Å². The van der Waals surface area contributed by atoms with E-state index >= 15 is 0 Å². The number of rotatable bonds is 1. The van der Waals surface area contributed by atoms with Gasteiger partial charge in [-0.25, -0.2) is 0 Å². The Morgan fingerprint density at radius 3 is 1.75 bits per heavy atom. The third-order valence-electron chi connectivity index (χ3n) is 1.96. The number of hydrogen-bond acceptors (Lipinski definition) is 0. The Labute approximate surface area is 87.0 Å². The summed E-state index contributed by atoms with van der Waals surface area (Å²) >= 11 is -2.13. The maximum absolute atomic E-state index is 6.02. The van der Waals surface area contributed by atoms with E-state index < -0.39 is 14.2 Å². The minimum absolute atomic E-state index is 1.23. The Balaban J connectivity index is 3.28. The zero-order valence-electron chi connectivity index (χ0n) is 7.49. The van der Waals surface area contributed by atoms with Gasteiger partial charge in [-0.1, -0.05) is 0 Å². The summed E-state index contributed by atoms with van der Waals surface area (Å²) < 4.78 is 1.23. The van der Waals surface area contributed by atoms with Gasteiger partial charge in [-0.3, -0.25) is 0 Å². The van der Waals surface area contributed by atoms with E-state index in [0.717, 1.165) is 0 Å². The van der Waals surface area contributed by atoms with Crippen LogP contribution in [0.5, 0.6) is 0 Å². The van der Waals surface area contributed by atoms with Gasteiger partial charge in [0.2, 0.25) is 0 Å². The average molecular weight is 260 g/mol. The Morgan fingerprint density at radius 2 is 1.42 bits per heavy atom. The molecule has 0 radical (unpaired) electrons. The van der Waals surface area contributed by atoms with Crippen molar-refractivity contribution in [3.8, 4) is 0 Å². The number of hydrogen-bond donors (Lipinski definition) is 0. The molecule has 0 atom stereocenters. The van der Waals surface area contributed by atoms with Crippen molar-refractivity contribution in [1.82, 2.24) is 0 Å². The molecule has 0 heterocycles. The Bertz CT molecular complexity index is 272. The van der Waals surface area contributed by atoms with Crippen LogP contribution in [-0.4, -0.2) is 14.2 Å². The normalized spacial score (nSPS) is 10.1. The van der Waals surface area contributed by atoms with Crippen molar-refractivity contribution < 1.29 is 0 Å². The molecule has 1 aromatic carbocycles. The van der Waals surface area contributed by atoms with Gasteiger partial charge in [0.1, 0.15) is 0 Å². The first-order valence-electron chi connectivity index (χ1n) is 3.88. The molecule has 64 valence electrons. The Morgan fingerprint density at radius 1 is 1.00 bits per heavy atom. The average Bonchev–Trinajstić information content (AvgIpc) is 1.82. The standard InChI is InChI=1S/C9H11.2ClH.Ga/c1-7-4-8(2)6-9(3)5-7;;;/h4-5H,1-3H3;2*1H;/q;;;+2/p-2. The second-order valence-electron chi connectivity index (χ2n) is 3.11. The van der Waals surface area contributed by atoms with Crippen LogP contribution in [0.1, 0.15) is 16.7 Å². The van der Waals surface area contributed by atoms with Crippen LogP contribution in [0, 0.1) is 20.8 Å². The van der Waals surface area contributed by atoms with Crippen LogP contribution in [0.15, 0.2) is 12.1 Å². The van der Waals surface area contributed by atoms with Crippen LogP contribution in [0.3, 0.4) is 0 Å². The van der Waals surface area contributed by atoms with Gasteiger partial charge in [0, 0.05) is 0 Å². The fraction of sp³-hybridized carbons (Fsp3) is 0.333. The van der Waals surface area contributed by atoms with Gasteiger partial charge in [0.25, 0.3) is 0 Å². The molecule has 0 aliphatic rings. The van der Waals surface area contributed by atoms with E-state index in [-0.39, 0.29) is 0 Å². The van der Waals surface area contributed by atoms with E-state index in [1.165, 1.54) is 20.8 Å². The molecule has 0 saturated heterocycles. The molecular formula is C9H11Cl2Ga.